The summed E-state index contributed by atoms with van der Waals surface area (Å²) in [5, 5.41) is 4.14. The normalized spacial score (nSPS) is 18.2. The number of rotatable bonds is 3. The zero-order valence-electron chi connectivity index (χ0n) is 7.69. The maximum Gasteiger partial charge on any atom is 0.151 e. The number of aryl methyl sites for hydroxylation is 1. The maximum absolute atomic E-state index is 4.15. The molecule has 1 heterocycles. The van der Waals surface area contributed by atoms with Crippen LogP contribution in [-0.4, -0.2) is 14.2 Å². The van der Waals surface area contributed by atoms with Crippen LogP contribution in [0.25, 0.3) is 0 Å². The zero-order valence-corrected chi connectivity index (χ0v) is 8.58. The van der Waals surface area contributed by atoms with Gasteiger partial charge in [0.05, 0.1) is 0 Å². The molecule has 1 fully saturated rings. The summed E-state index contributed by atoms with van der Waals surface area (Å²) in [7, 11) is 0. The second-order valence-electron chi connectivity index (χ2n) is 3.77. The van der Waals surface area contributed by atoms with E-state index < -0.39 is 0 Å². The number of hydrogen-bond acceptors (Lipinski definition) is 3. The van der Waals surface area contributed by atoms with Crippen LogP contribution in [0.1, 0.15) is 37.9 Å². The molecule has 1 saturated carbocycles. The average Bonchev–Trinajstić information content (AvgIpc) is 2.71. The lowest BCUT2D eigenvalue weighted by atomic mass is 10.0. The summed E-state index contributed by atoms with van der Waals surface area (Å²) in [4.78, 5) is 4.15. The highest BCUT2D eigenvalue weighted by Gasteiger charge is 2.15. The molecule has 0 unspecified atom stereocenters. The van der Waals surface area contributed by atoms with Gasteiger partial charge in [-0.1, -0.05) is 25.7 Å². The minimum atomic E-state index is 0.923. The van der Waals surface area contributed by atoms with Crippen LogP contribution < -0.4 is 0 Å². The van der Waals surface area contributed by atoms with Crippen LogP contribution in [0.4, 0.5) is 0 Å². The van der Waals surface area contributed by atoms with E-state index in [1.807, 2.05) is 0 Å². The van der Waals surface area contributed by atoms with Crippen LogP contribution in [0.2, 0.25) is 0 Å². The van der Waals surface area contributed by atoms with Gasteiger partial charge in [-0.3, -0.25) is 0 Å². The standard InChI is InChI=1S/C9H15N3S/c13-12-7-10-9(11-12)6-5-8-3-1-2-4-8/h7-8,13H,1-6H2. The summed E-state index contributed by atoms with van der Waals surface area (Å²) >= 11 is 4.05. The van der Waals surface area contributed by atoms with Crippen LogP contribution in [0, 0.1) is 5.92 Å². The molecule has 3 nitrogen and oxygen atoms in total. The van der Waals surface area contributed by atoms with E-state index in [1.54, 1.807) is 6.33 Å². The molecule has 13 heavy (non-hydrogen) atoms. The van der Waals surface area contributed by atoms with Crippen molar-refractivity contribution < 1.29 is 0 Å². The fraction of sp³-hybridized carbons (Fsp3) is 0.778. The first-order valence-electron chi connectivity index (χ1n) is 4.94. The monoisotopic (exact) mass is 197 g/mol. The van der Waals surface area contributed by atoms with Crippen molar-refractivity contribution in [2.45, 2.75) is 38.5 Å². The second-order valence-corrected chi connectivity index (χ2v) is 4.18. The molecule has 1 aliphatic carbocycles. The Morgan fingerprint density at radius 3 is 2.85 bits per heavy atom. The molecule has 72 valence electrons. The third kappa shape index (κ3) is 2.46. The zero-order chi connectivity index (χ0) is 9.10. The third-order valence-corrected chi connectivity index (χ3v) is 2.97. The highest BCUT2D eigenvalue weighted by molar-refractivity contribution is 7.78. The van der Waals surface area contributed by atoms with Crippen LogP contribution in [0.15, 0.2) is 6.33 Å². The van der Waals surface area contributed by atoms with Gasteiger partial charge < -0.3 is 0 Å². The Kier molecular flexibility index (Phi) is 2.88. The van der Waals surface area contributed by atoms with Gasteiger partial charge in [0.2, 0.25) is 0 Å². The number of nitrogens with zero attached hydrogens (tertiary/aromatic N) is 3. The molecular weight excluding hydrogens is 182 g/mol. The fourth-order valence-electron chi connectivity index (χ4n) is 2.04. The predicted octanol–water partition coefficient (Wildman–Crippen LogP) is 2.09. The molecule has 1 aliphatic rings. The molecule has 0 aliphatic heterocycles. The molecule has 0 spiro atoms. The minimum absolute atomic E-state index is 0.923. The Morgan fingerprint density at radius 2 is 2.23 bits per heavy atom. The minimum Gasteiger partial charge on any atom is -0.219 e. The highest BCUT2D eigenvalue weighted by atomic mass is 32.1. The highest BCUT2D eigenvalue weighted by Crippen LogP contribution is 2.28. The van der Waals surface area contributed by atoms with E-state index in [0.717, 1.165) is 18.2 Å². The van der Waals surface area contributed by atoms with Crippen LogP contribution in [0.3, 0.4) is 0 Å². The van der Waals surface area contributed by atoms with Crippen molar-refractivity contribution in [3.8, 4) is 0 Å². The van der Waals surface area contributed by atoms with E-state index in [2.05, 4.69) is 22.9 Å². The molecular formula is C9H15N3S. The first-order chi connectivity index (χ1) is 6.34. The number of aromatic nitrogens is 3. The SMILES string of the molecule is Sn1cnc(CCC2CCCC2)n1. The van der Waals surface area contributed by atoms with Crippen LogP contribution in [-0.2, 0) is 6.42 Å². The first-order valence-corrected chi connectivity index (χ1v) is 5.34. The molecule has 0 saturated heterocycles. The van der Waals surface area contributed by atoms with Gasteiger partial charge >= 0.3 is 0 Å². The summed E-state index contributed by atoms with van der Waals surface area (Å²) in [6, 6.07) is 0. The van der Waals surface area contributed by atoms with E-state index >= 15 is 0 Å². The lowest BCUT2D eigenvalue weighted by Gasteiger charge is -2.05. The Balaban J connectivity index is 1.78. The molecule has 0 atom stereocenters. The molecule has 0 N–H and O–H groups in total. The summed E-state index contributed by atoms with van der Waals surface area (Å²) in [5.74, 6) is 1.86. The maximum atomic E-state index is 4.15. The molecule has 0 bridgehead atoms. The molecule has 1 aromatic heterocycles. The van der Waals surface area contributed by atoms with E-state index in [0.29, 0.717) is 0 Å². The van der Waals surface area contributed by atoms with Crippen molar-refractivity contribution in [1.82, 2.24) is 14.2 Å². The Morgan fingerprint density at radius 1 is 1.46 bits per heavy atom. The second kappa shape index (κ2) is 4.13. The first kappa shape index (κ1) is 9.06. The van der Waals surface area contributed by atoms with Crippen molar-refractivity contribution in [3.05, 3.63) is 12.2 Å². The van der Waals surface area contributed by atoms with Gasteiger partial charge in [0.25, 0.3) is 0 Å². The molecule has 1 aromatic rings. The van der Waals surface area contributed by atoms with E-state index in [1.165, 1.54) is 36.2 Å². The third-order valence-electron chi connectivity index (χ3n) is 2.78. The van der Waals surface area contributed by atoms with Crippen molar-refractivity contribution in [2.75, 3.05) is 0 Å². The van der Waals surface area contributed by atoms with Crippen molar-refractivity contribution in [3.63, 3.8) is 0 Å². The number of thiol groups is 1. The molecule has 0 radical (unpaired) electrons. The Hall–Kier alpha value is -0.510. The Labute approximate surface area is 84.1 Å². The molecule has 2 rings (SSSR count). The molecule has 0 amide bonds. The lowest BCUT2D eigenvalue weighted by Crippen LogP contribution is -1.98. The van der Waals surface area contributed by atoms with Crippen LogP contribution >= 0.6 is 12.8 Å². The van der Waals surface area contributed by atoms with E-state index in [4.69, 9.17) is 0 Å². The summed E-state index contributed by atoms with van der Waals surface area (Å²) < 4.78 is 1.48. The lowest BCUT2D eigenvalue weighted by molar-refractivity contribution is 0.497. The van der Waals surface area contributed by atoms with Gasteiger partial charge in [0.1, 0.15) is 6.33 Å². The summed E-state index contributed by atoms with van der Waals surface area (Å²) in [5.41, 5.74) is 0. The summed E-state index contributed by atoms with van der Waals surface area (Å²) in [6.07, 6.45) is 9.55. The van der Waals surface area contributed by atoms with Gasteiger partial charge in [-0.15, -0.1) is 5.10 Å². The van der Waals surface area contributed by atoms with Gasteiger partial charge in [-0.2, -0.15) is 4.09 Å². The quantitative estimate of drug-likeness (QED) is 0.752. The topological polar surface area (TPSA) is 30.7 Å². The molecule has 0 aromatic carbocycles. The van der Waals surface area contributed by atoms with E-state index in [9.17, 15) is 0 Å². The summed E-state index contributed by atoms with van der Waals surface area (Å²) in [6.45, 7) is 0. The van der Waals surface area contributed by atoms with Gasteiger partial charge in [-0.05, 0) is 25.2 Å². The van der Waals surface area contributed by atoms with Crippen molar-refractivity contribution in [1.29, 1.82) is 0 Å². The fourth-order valence-corrected chi connectivity index (χ4v) is 2.19. The average molecular weight is 197 g/mol. The van der Waals surface area contributed by atoms with Crippen molar-refractivity contribution in [2.24, 2.45) is 5.92 Å². The molecule has 4 heteroatoms. The predicted molar refractivity (Wildman–Crippen MR) is 54.7 cm³/mol. The Bertz CT molecular complexity index is 266. The van der Waals surface area contributed by atoms with E-state index in [-0.39, 0.29) is 0 Å². The smallest absolute Gasteiger partial charge is 0.151 e. The van der Waals surface area contributed by atoms with Crippen LogP contribution in [0.5, 0.6) is 0 Å². The van der Waals surface area contributed by atoms with Gasteiger partial charge in [0, 0.05) is 6.42 Å². The van der Waals surface area contributed by atoms with Gasteiger partial charge in [0.15, 0.2) is 5.82 Å². The number of hydrogen-bond donors (Lipinski definition) is 1. The van der Waals surface area contributed by atoms with Crippen molar-refractivity contribution >= 4 is 12.8 Å². The largest absolute Gasteiger partial charge is 0.219 e. The van der Waals surface area contributed by atoms with Gasteiger partial charge in [-0.25, -0.2) is 4.98 Å².